The van der Waals surface area contributed by atoms with Crippen LogP contribution in [0.1, 0.15) is 30.4 Å². The molecule has 24 heavy (non-hydrogen) atoms. The van der Waals surface area contributed by atoms with Crippen molar-refractivity contribution in [2.75, 3.05) is 19.7 Å². The number of piperidine rings is 1. The second kappa shape index (κ2) is 7.05. The molecule has 2 fully saturated rings. The number of likely N-dealkylation sites (tertiary alicyclic amines) is 1. The molecule has 0 radical (unpaired) electrons. The van der Waals surface area contributed by atoms with Crippen molar-refractivity contribution >= 4 is 0 Å². The molecule has 0 bridgehead atoms. The van der Waals surface area contributed by atoms with Crippen LogP contribution in [0.25, 0.3) is 0 Å². The normalized spacial score (nSPS) is 27.8. The minimum atomic E-state index is -0.0401. The fourth-order valence-corrected chi connectivity index (χ4v) is 3.86. The smallest absolute Gasteiger partial charge is 0.0947 e. The van der Waals surface area contributed by atoms with Crippen molar-refractivity contribution in [2.45, 2.75) is 44.1 Å². The first-order valence-electron chi connectivity index (χ1n) is 8.69. The Hall–Kier alpha value is -1.69. The molecule has 4 rings (SSSR count). The average Bonchev–Trinajstić information content (AvgIpc) is 3.25. The molecule has 4 heterocycles. The van der Waals surface area contributed by atoms with E-state index in [0.717, 1.165) is 38.0 Å². The van der Waals surface area contributed by atoms with Gasteiger partial charge in [-0.3, -0.25) is 9.88 Å². The fourth-order valence-electron chi connectivity index (χ4n) is 3.86. The van der Waals surface area contributed by atoms with Crippen LogP contribution in [-0.2, 0) is 22.6 Å². The van der Waals surface area contributed by atoms with E-state index in [1.54, 1.807) is 12.5 Å². The van der Waals surface area contributed by atoms with Gasteiger partial charge in [-0.1, -0.05) is 6.07 Å². The molecule has 0 aliphatic carbocycles. The predicted molar refractivity (Wildman–Crippen MR) is 89.3 cm³/mol. The third-order valence-corrected chi connectivity index (χ3v) is 4.99. The van der Waals surface area contributed by atoms with Gasteiger partial charge in [-0.25, -0.2) is 0 Å². The van der Waals surface area contributed by atoms with Crippen LogP contribution < -0.4 is 0 Å². The fraction of sp³-hybridized carbons (Fsp3) is 0.526. The minimum Gasteiger partial charge on any atom is -0.472 e. The van der Waals surface area contributed by atoms with Crippen molar-refractivity contribution in [1.29, 1.82) is 0 Å². The maximum absolute atomic E-state index is 6.23. The molecule has 5 nitrogen and oxygen atoms in total. The molecule has 0 N–H and O–H groups in total. The molecule has 0 aromatic carbocycles. The Morgan fingerprint density at radius 3 is 3.17 bits per heavy atom. The second-order valence-electron chi connectivity index (χ2n) is 6.94. The van der Waals surface area contributed by atoms with E-state index < -0.39 is 0 Å². The summed E-state index contributed by atoms with van der Waals surface area (Å²) < 4.78 is 17.5. The molecule has 0 unspecified atom stereocenters. The van der Waals surface area contributed by atoms with Crippen molar-refractivity contribution in [1.82, 2.24) is 9.88 Å². The lowest BCUT2D eigenvalue weighted by Gasteiger charge is -2.39. The number of hydrogen-bond donors (Lipinski definition) is 0. The zero-order valence-corrected chi connectivity index (χ0v) is 13.9. The first kappa shape index (κ1) is 15.8. The number of hydrogen-bond acceptors (Lipinski definition) is 5. The van der Waals surface area contributed by atoms with Gasteiger partial charge in [-0.2, -0.15) is 0 Å². The second-order valence-corrected chi connectivity index (χ2v) is 6.94. The quantitative estimate of drug-likeness (QED) is 0.844. The van der Waals surface area contributed by atoms with Gasteiger partial charge in [0.05, 0.1) is 37.4 Å². The maximum atomic E-state index is 6.23. The van der Waals surface area contributed by atoms with Gasteiger partial charge in [0.25, 0.3) is 0 Å². The van der Waals surface area contributed by atoms with Crippen LogP contribution in [0.2, 0.25) is 0 Å². The number of furan rings is 1. The molecule has 2 atom stereocenters. The predicted octanol–water partition coefficient (Wildman–Crippen LogP) is 3.01. The number of ether oxygens (including phenoxy) is 2. The van der Waals surface area contributed by atoms with Gasteiger partial charge in [-0.05, 0) is 37.1 Å². The third kappa shape index (κ3) is 3.69. The van der Waals surface area contributed by atoms with Gasteiger partial charge >= 0.3 is 0 Å². The largest absolute Gasteiger partial charge is 0.472 e. The van der Waals surface area contributed by atoms with Crippen molar-refractivity contribution in [3.05, 3.63) is 54.2 Å². The summed E-state index contributed by atoms with van der Waals surface area (Å²) in [6.45, 7) is 4.34. The zero-order valence-electron chi connectivity index (χ0n) is 13.9. The Kier molecular flexibility index (Phi) is 4.65. The summed E-state index contributed by atoms with van der Waals surface area (Å²) in [4.78, 5) is 6.60. The van der Waals surface area contributed by atoms with E-state index in [0.29, 0.717) is 13.2 Å². The average molecular weight is 328 g/mol. The molecule has 0 saturated carbocycles. The monoisotopic (exact) mass is 328 g/mol. The van der Waals surface area contributed by atoms with Gasteiger partial charge in [0, 0.05) is 37.5 Å². The Morgan fingerprint density at radius 2 is 2.33 bits per heavy atom. The van der Waals surface area contributed by atoms with Crippen molar-refractivity contribution in [3.63, 3.8) is 0 Å². The Bertz CT molecular complexity index is 631. The molecule has 5 heteroatoms. The molecule has 2 aliphatic rings. The Balaban J connectivity index is 1.31. The number of pyridine rings is 1. The van der Waals surface area contributed by atoms with Crippen molar-refractivity contribution in [3.8, 4) is 0 Å². The highest BCUT2D eigenvalue weighted by molar-refractivity contribution is 5.08. The molecule has 2 aromatic heterocycles. The van der Waals surface area contributed by atoms with E-state index in [-0.39, 0.29) is 11.7 Å². The van der Waals surface area contributed by atoms with Gasteiger partial charge < -0.3 is 13.9 Å². The molecule has 2 saturated heterocycles. The molecule has 2 aliphatic heterocycles. The van der Waals surface area contributed by atoms with Gasteiger partial charge in [0.2, 0.25) is 0 Å². The van der Waals surface area contributed by atoms with Crippen LogP contribution in [0.15, 0.2) is 47.5 Å². The molecule has 2 aromatic rings. The van der Waals surface area contributed by atoms with Crippen LogP contribution in [-0.4, -0.2) is 41.3 Å². The number of rotatable bonds is 5. The third-order valence-electron chi connectivity index (χ3n) is 4.99. The summed E-state index contributed by atoms with van der Waals surface area (Å²) in [6.07, 6.45) is 10.7. The summed E-state index contributed by atoms with van der Waals surface area (Å²) in [5.41, 5.74) is 2.31. The summed E-state index contributed by atoms with van der Waals surface area (Å²) in [7, 11) is 0. The lowest BCUT2D eigenvalue weighted by atomic mass is 9.89. The SMILES string of the molecule is c1cncc(CO[C@H]2CO[C@@]3(CCCN(Cc4ccoc4)C3)C2)c1. The minimum absolute atomic E-state index is 0.0401. The van der Waals surface area contributed by atoms with E-state index in [2.05, 4.69) is 9.88 Å². The Morgan fingerprint density at radius 1 is 1.33 bits per heavy atom. The topological polar surface area (TPSA) is 47.7 Å². The van der Waals surface area contributed by atoms with Gasteiger partial charge in [0.1, 0.15) is 0 Å². The van der Waals surface area contributed by atoms with E-state index in [4.69, 9.17) is 13.9 Å². The van der Waals surface area contributed by atoms with Crippen molar-refractivity contribution in [2.24, 2.45) is 0 Å². The van der Waals surface area contributed by atoms with E-state index in [1.165, 1.54) is 12.0 Å². The van der Waals surface area contributed by atoms with Crippen LogP contribution in [0.4, 0.5) is 0 Å². The van der Waals surface area contributed by atoms with Crippen LogP contribution in [0, 0.1) is 0 Å². The molecule has 0 amide bonds. The Labute approximate surface area is 142 Å². The highest BCUT2D eigenvalue weighted by Crippen LogP contribution is 2.36. The van der Waals surface area contributed by atoms with E-state index in [1.807, 2.05) is 30.7 Å². The molecule has 128 valence electrons. The molecule has 1 spiro atoms. The molecular formula is C19H24N2O3. The molecular weight excluding hydrogens is 304 g/mol. The van der Waals surface area contributed by atoms with E-state index >= 15 is 0 Å². The van der Waals surface area contributed by atoms with Crippen LogP contribution in [0.3, 0.4) is 0 Å². The number of nitrogens with zero attached hydrogens (tertiary/aromatic N) is 2. The lowest BCUT2D eigenvalue weighted by molar-refractivity contribution is -0.0548. The van der Waals surface area contributed by atoms with Crippen molar-refractivity contribution < 1.29 is 13.9 Å². The van der Waals surface area contributed by atoms with Crippen LogP contribution in [0.5, 0.6) is 0 Å². The highest BCUT2D eigenvalue weighted by Gasteiger charge is 2.43. The summed E-state index contributed by atoms with van der Waals surface area (Å²) in [6, 6.07) is 6.03. The zero-order chi connectivity index (χ0) is 16.2. The van der Waals surface area contributed by atoms with Gasteiger partial charge in [-0.15, -0.1) is 0 Å². The van der Waals surface area contributed by atoms with Gasteiger partial charge in [0.15, 0.2) is 0 Å². The lowest BCUT2D eigenvalue weighted by Crippen LogP contribution is -2.47. The summed E-state index contributed by atoms with van der Waals surface area (Å²) >= 11 is 0. The summed E-state index contributed by atoms with van der Waals surface area (Å²) in [5, 5.41) is 0. The maximum Gasteiger partial charge on any atom is 0.0947 e. The van der Waals surface area contributed by atoms with Crippen LogP contribution >= 0.6 is 0 Å². The summed E-state index contributed by atoms with van der Waals surface area (Å²) in [5.74, 6) is 0. The number of aromatic nitrogens is 1. The first-order valence-corrected chi connectivity index (χ1v) is 8.69. The van der Waals surface area contributed by atoms with E-state index in [9.17, 15) is 0 Å². The first-order chi connectivity index (χ1) is 11.8. The highest BCUT2D eigenvalue weighted by atomic mass is 16.6. The standard InChI is InChI=1S/C19H24N2O3/c1-3-16(10-20-6-1)13-23-18-9-19(24-14-18)5-2-7-21(15-19)11-17-4-8-22-12-17/h1,3-4,6,8,10,12,18H,2,5,7,9,11,13-15H2/t18-,19+/m1/s1.